The third-order valence-electron chi connectivity index (χ3n) is 3.61. The zero-order chi connectivity index (χ0) is 15.7. The molecule has 1 aromatic heterocycles. The van der Waals surface area contributed by atoms with Crippen molar-refractivity contribution in [2.24, 2.45) is 0 Å². The van der Waals surface area contributed by atoms with Gasteiger partial charge < -0.3 is 15.2 Å². The molecule has 2 aromatic rings. The van der Waals surface area contributed by atoms with Gasteiger partial charge in [-0.2, -0.15) is 0 Å². The van der Waals surface area contributed by atoms with Gasteiger partial charge in [0.2, 0.25) is 0 Å². The Bertz CT molecular complexity index is 733. The standard InChI is InChI=1S/C14H15BrN4O2S/c1-16-14(20)22(21)13-5-12-9(4-11(13)15)2-3-19(12)7-10-6-17-8-18-10/h4-6,8H,2-3,7H2,1H3,(H,16,20)(H,17,18)/t22-/m0/s1. The summed E-state index contributed by atoms with van der Waals surface area (Å²) in [5.41, 5.74) is 3.22. The molecule has 116 valence electrons. The maximum atomic E-state index is 12.3. The normalized spacial score (nSPS) is 14.7. The number of aromatic amines is 1. The molecule has 1 aromatic carbocycles. The van der Waals surface area contributed by atoms with Crippen LogP contribution in [0.4, 0.5) is 10.5 Å². The Morgan fingerprint density at radius 3 is 3.05 bits per heavy atom. The van der Waals surface area contributed by atoms with Gasteiger partial charge in [-0.15, -0.1) is 0 Å². The highest BCUT2D eigenvalue weighted by molar-refractivity contribution is 9.10. The zero-order valence-corrected chi connectivity index (χ0v) is 14.3. The van der Waals surface area contributed by atoms with Gasteiger partial charge in [0.05, 0.1) is 23.5 Å². The van der Waals surface area contributed by atoms with Gasteiger partial charge in [0.25, 0.3) is 0 Å². The van der Waals surface area contributed by atoms with Gasteiger partial charge in [0.15, 0.2) is 0 Å². The van der Waals surface area contributed by atoms with E-state index >= 15 is 0 Å². The fourth-order valence-corrected chi connectivity index (χ4v) is 4.20. The number of nitrogens with zero attached hydrogens (tertiary/aromatic N) is 2. The highest BCUT2D eigenvalue weighted by Crippen LogP contribution is 2.35. The predicted octanol–water partition coefficient (Wildman–Crippen LogP) is 2.18. The molecule has 0 saturated heterocycles. The van der Waals surface area contributed by atoms with E-state index in [0.717, 1.165) is 24.3 Å². The van der Waals surface area contributed by atoms with E-state index in [1.807, 2.05) is 12.1 Å². The molecule has 0 radical (unpaired) electrons. The van der Waals surface area contributed by atoms with Crippen LogP contribution in [-0.2, 0) is 23.8 Å². The Morgan fingerprint density at radius 2 is 2.36 bits per heavy atom. The molecule has 6 nitrogen and oxygen atoms in total. The van der Waals surface area contributed by atoms with Gasteiger partial charge in [-0.25, -0.2) is 9.19 Å². The topological polar surface area (TPSA) is 78.1 Å². The number of fused-ring (bicyclic) bond motifs is 1. The number of amides is 1. The molecule has 2 N–H and O–H groups in total. The van der Waals surface area contributed by atoms with Crippen molar-refractivity contribution >= 4 is 37.7 Å². The van der Waals surface area contributed by atoms with E-state index in [0.29, 0.717) is 15.9 Å². The summed E-state index contributed by atoms with van der Waals surface area (Å²) in [4.78, 5) is 21.4. The van der Waals surface area contributed by atoms with E-state index in [1.165, 1.54) is 12.6 Å². The van der Waals surface area contributed by atoms with Crippen LogP contribution < -0.4 is 10.2 Å². The molecule has 1 aliphatic rings. The summed E-state index contributed by atoms with van der Waals surface area (Å²) in [6.07, 6.45) is 4.37. The van der Waals surface area contributed by atoms with Crippen LogP contribution in [0.5, 0.6) is 0 Å². The van der Waals surface area contributed by atoms with Crippen molar-refractivity contribution in [3.05, 3.63) is 40.4 Å². The Balaban J connectivity index is 1.93. The second-order valence-electron chi connectivity index (χ2n) is 4.97. The summed E-state index contributed by atoms with van der Waals surface area (Å²) < 4.78 is 13.0. The van der Waals surface area contributed by atoms with Gasteiger partial charge in [0, 0.05) is 29.9 Å². The average molecular weight is 383 g/mol. The van der Waals surface area contributed by atoms with Crippen molar-refractivity contribution in [2.75, 3.05) is 18.5 Å². The van der Waals surface area contributed by atoms with Crippen LogP contribution in [0.25, 0.3) is 0 Å². The molecular weight excluding hydrogens is 368 g/mol. The van der Waals surface area contributed by atoms with E-state index in [-0.39, 0.29) is 0 Å². The van der Waals surface area contributed by atoms with Crippen molar-refractivity contribution in [2.45, 2.75) is 17.9 Å². The number of benzene rings is 1. The highest BCUT2D eigenvalue weighted by Gasteiger charge is 2.24. The van der Waals surface area contributed by atoms with Crippen LogP contribution in [-0.4, -0.2) is 33.0 Å². The number of anilines is 1. The van der Waals surface area contributed by atoms with Crippen LogP contribution in [0, 0.1) is 0 Å². The number of aromatic nitrogens is 2. The molecule has 1 atom stereocenters. The fourth-order valence-electron chi connectivity index (χ4n) is 2.53. The van der Waals surface area contributed by atoms with Gasteiger partial charge in [-0.3, -0.25) is 4.79 Å². The summed E-state index contributed by atoms with van der Waals surface area (Å²) >= 11 is 3.42. The van der Waals surface area contributed by atoms with E-state index in [1.54, 1.807) is 12.5 Å². The lowest BCUT2D eigenvalue weighted by atomic mass is 10.2. The molecular formula is C14H15BrN4O2S. The summed E-state index contributed by atoms with van der Waals surface area (Å²) in [5, 5.41) is 1.92. The van der Waals surface area contributed by atoms with Crippen molar-refractivity contribution in [3.63, 3.8) is 0 Å². The molecule has 8 heteroatoms. The first-order chi connectivity index (χ1) is 10.6. The van der Waals surface area contributed by atoms with E-state index < -0.39 is 16.0 Å². The predicted molar refractivity (Wildman–Crippen MR) is 88.3 cm³/mol. The van der Waals surface area contributed by atoms with E-state index in [4.69, 9.17) is 0 Å². The second-order valence-corrected chi connectivity index (χ2v) is 7.17. The van der Waals surface area contributed by atoms with Gasteiger partial charge in [0.1, 0.15) is 10.8 Å². The third-order valence-corrected chi connectivity index (χ3v) is 5.81. The Labute approximate surface area is 138 Å². The molecule has 0 fully saturated rings. The van der Waals surface area contributed by atoms with E-state index in [9.17, 15) is 9.00 Å². The molecule has 2 heterocycles. The Morgan fingerprint density at radius 1 is 1.55 bits per heavy atom. The zero-order valence-electron chi connectivity index (χ0n) is 11.9. The minimum atomic E-state index is -1.73. The number of halogens is 1. The summed E-state index contributed by atoms with van der Waals surface area (Å²) in [5.74, 6) is 0. The minimum Gasteiger partial charge on any atom is -0.365 e. The molecule has 3 rings (SSSR count). The van der Waals surface area contributed by atoms with Gasteiger partial charge in [-0.1, -0.05) is 0 Å². The lowest BCUT2D eigenvalue weighted by Gasteiger charge is -2.19. The Kier molecular flexibility index (Phi) is 4.30. The number of imidazole rings is 1. The van der Waals surface area contributed by atoms with E-state index in [2.05, 4.69) is 36.1 Å². The summed E-state index contributed by atoms with van der Waals surface area (Å²) in [7, 11) is -0.251. The number of hydrogen-bond donors (Lipinski definition) is 2. The highest BCUT2D eigenvalue weighted by atomic mass is 79.9. The number of hydrogen-bond acceptors (Lipinski definition) is 4. The van der Waals surface area contributed by atoms with Crippen molar-refractivity contribution in [1.29, 1.82) is 0 Å². The first-order valence-electron chi connectivity index (χ1n) is 6.78. The smallest absolute Gasteiger partial charge is 0.313 e. The van der Waals surface area contributed by atoms with Crippen molar-refractivity contribution in [3.8, 4) is 0 Å². The molecule has 0 saturated carbocycles. The summed E-state index contributed by atoms with van der Waals surface area (Å²) in [6, 6.07) is 3.80. The van der Waals surface area contributed by atoms with Gasteiger partial charge >= 0.3 is 5.24 Å². The summed E-state index contributed by atoms with van der Waals surface area (Å²) in [6.45, 7) is 1.59. The number of nitrogens with one attached hydrogen (secondary N) is 2. The SMILES string of the molecule is CNC(=O)[S@@](=O)c1cc2c(cc1Br)CCN2Cc1cnc[nH]1. The quantitative estimate of drug-likeness (QED) is 0.852. The monoisotopic (exact) mass is 382 g/mol. The molecule has 0 spiro atoms. The molecule has 1 aliphatic heterocycles. The van der Waals surface area contributed by atoms with Crippen LogP contribution in [0.2, 0.25) is 0 Å². The molecule has 0 bridgehead atoms. The lowest BCUT2D eigenvalue weighted by molar-refractivity contribution is 0.261. The van der Waals surface area contributed by atoms with Crippen LogP contribution in [0.3, 0.4) is 0 Å². The number of rotatable bonds is 3. The maximum Gasteiger partial charge on any atom is 0.313 e. The fraction of sp³-hybridized carbons (Fsp3) is 0.286. The van der Waals surface area contributed by atoms with Crippen LogP contribution in [0.1, 0.15) is 11.3 Å². The third kappa shape index (κ3) is 2.80. The van der Waals surface area contributed by atoms with Crippen molar-refractivity contribution < 1.29 is 9.00 Å². The number of carbonyl (C=O) groups is 1. The average Bonchev–Trinajstić information content (AvgIpc) is 3.15. The van der Waals surface area contributed by atoms with Crippen molar-refractivity contribution in [1.82, 2.24) is 15.3 Å². The molecule has 1 amide bonds. The first-order valence-corrected chi connectivity index (χ1v) is 8.72. The number of H-pyrrole nitrogens is 1. The molecule has 0 unspecified atom stereocenters. The lowest BCUT2D eigenvalue weighted by Crippen LogP contribution is -2.22. The maximum absolute atomic E-state index is 12.3. The number of carbonyl (C=O) groups excluding carboxylic acids is 1. The van der Waals surface area contributed by atoms with Crippen LogP contribution in [0.15, 0.2) is 34.0 Å². The molecule has 0 aliphatic carbocycles. The van der Waals surface area contributed by atoms with Crippen LogP contribution >= 0.6 is 15.9 Å². The largest absolute Gasteiger partial charge is 0.365 e. The molecule has 22 heavy (non-hydrogen) atoms. The minimum absolute atomic E-state index is 0.495. The van der Waals surface area contributed by atoms with Gasteiger partial charge in [-0.05, 0) is 40.0 Å². The first kappa shape index (κ1) is 15.2. The Hall–Kier alpha value is -1.67. The second kappa shape index (κ2) is 6.21.